The lowest BCUT2D eigenvalue weighted by Gasteiger charge is -2.29. The van der Waals surface area contributed by atoms with E-state index in [-0.39, 0.29) is 20.6 Å². The molecule has 0 aromatic heterocycles. The van der Waals surface area contributed by atoms with Gasteiger partial charge in [-0.15, -0.1) is 11.6 Å². The lowest BCUT2D eigenvalue weighted by atomic mass is 9.94. The SMILES string of the molecule is CCCC(Br)(CC)CC(Br)C(Cl)C[N+](=O)[O-]. The van der Waals surface area contributed by atoms with Crippen molar-refractivity contribution in [3.63, 3.8) is 0 Å². The van der Waals surface area contributed by atoms with E-state index in [1.165, 1.54) is 0 Å². The summed E-state index contributed by atoms with van der Waals surface area (Å²) in [6.07, 6.45) is 3.93. The minimum atomic E-state index is -0.463. The predicted molar refractivity (Wildman–Crippen MR) is 75.7 cm³/mol. The highest BCUT2D eigenvalue weighted by Crippen LogP contribution is 2.36. The fraction of sp³-hybridized carbons (Fsp3) is 1.00. The Hall–Kier alpha value is 0.650. The monoisotopic (exact) mass is 377 g/mol. The molecule has 0 aromatic rings. The number of hydrogen-bond acceptors (Lipinski definition) is 2. The highest BCUT2D eigenvalue weighted by molar-refractivity contribution is 9.10. The molecule has 3 nitrogen and oxygen atoms in total. The molecule has 0 fully saturated rings. The van der Waals surface area contributed by atoms with Crippen molar-refractivity contribution in [2.45, 2.75) is 54.1 Å². The van der Waals surface area contributed by atoms with Gasteiger partial charge in [-0.05, 0) is 19.3 Å². The Balaban J connectivity index is 4.28. The van der Waals surface area contributed by atoms with Gasteiger partial charge in [-0.25, -0.2) is 0 Å². The van der Waals surface area contributed by atoms with Crippen LogP contribution in [0.25, 0.3) is 0 Å². The fourth-order valence-corrected chi connectivity index (χ4v) is 3.77. The molecule has 0 N–H and O–H groups in total. The quantitative estimate of drug-likeness (QED) is 0.357. The Bertz CT molecular complexity index is 231. The van der Waals surface area contributed by atoms with Gasteiger partial charge >= 0.3 is 0 Å². The van der Waals surface area contributed by atoms with Crippen molar-refractivity contribution in [3.8, 4) is 0 Å². The van der Waals surface area contributed by atoms with Crippen LogP contribution in [0.15, 0.2) is 0 Å². The standard InChI is InChI=1S/C10H18Br2ClNO2/c1-3-5-10(12,4-2)6-8(11)9(13)7-14(15)16/h8-9H,3-7H2,1-2H3. The summed E-state index contributed by atoms with van der Waals surface area (Å²) >= 11 is 13.2. The number of rotatable bonds is 8. The van der Waals surface area contributed by atoms with E-state index < -0.39 is 5.38 Å². The number of halogens is 3. The van der Waals surface area contributed by atoms with Gasteiger partial charge in [0.1, 0.15) is 5.38 Å². The molecule has 0 aliphatic carbocycles. The average molecular weight is 380 g/mol. The maximum atomic E-state index is 10.4. The number of nitrogens with zero attached hydrogens (tertiary/aromatic N) is 1. The van der Waals surface area contributed by atoms with Crippen molar-refractivity contribution in [1.82, 2.24) is 0 Å². The van der Waals surface area contributed by atoms with Gasteiger partial charge in [0.2, 0.25) is 6.54 Å². The van der Waals surface area contributed by atoms with Gasteiger partial charge in [-0.1, -0.05) is 52.1 Å². The maximum Gasteiger partial charge on any atom is 0.221 e. The van der Waals surface area contributed by atoms with Crippen molar-refractivity contribution in [3.05, 3.63) is 10.1 Å². The Morgan fingerprint density at radius 1 is 1.50 bits per heavy atom. The van der Waals surface area contributed by atoms with Crippen LogP contribution in [0.2, 0.25) is 0 Å². The molecule has 0 aliphatic rings. The topological polar surface area (TPSA) is 43.1 Å². The van der Waals surface area contributed by atoms with E-state index in [4.69, 9.17) is 11.6 Å². The molecule has 3 unspecified atom stereocenters. The third kappa shape index (κ3) is 6.40. The first-order chi connectivity index (χ1) is 7.34. The highest BCUT2D eigenvalue weighted by Gasteiger charge is 2.31. The van der Waals surface area contributed by atoms with Crippen molar-refractivity contribution in [2.75, 3.05) is 6.54 Å². The normalized spacial score (nSPS) is 18.8. The van der Waals surface area contributed by atoms with Gasteiger partial charge in [0.25, 0.3) is 0 Å². The minimum absolute atomic E-state index is 0.0366. The molecular weight excluding hydrogens is 361 g/mol. The molecule has 96 valence electrons. The van der Waals surface area contributed by atoms with Crippen molar-refractivity contribution >= 4 is 43.5 Å². The molecule has 0 radical (unpaired) electrons. The molecule has 3 atom stereocenters. The Labute approximate surface area is 119 Å². The van der Waals surface area contributed by atoms with Gasteiger partial charge in [-0.3, -0.25) is 10.1 Å². The van der Waals surface area contributed by atoms with E-state index in [9.17, 15) is 10.1 Å². The molecule has 0 saturated heterocycles. The molecular formula is C10H18Br2ClNO2. The van der Waals surface area contributed by atoms with Crippen LogP contribution in [-0.2, 0) is 0 Å². The summed E-state index contributed by atoms with van der Waals surface area (Å²) < 4.78 is 0.0413. The van der Waals surface area contributed by atoms with Crippen LogP contribution in [0.3, 0.4) is 0 Å². The van der Waals surface area contributed by atoms with Crippen molar-refractivity contribution in [2.24, 2.45) is 0 Å². The van der Waals surface area contributed by atoms with E-state index in [1.54, 1.807) is 0 Å². The predicted octanol–water partition coefficient (Wildman–Crippen LogP) is 4.37. The zero-order valence-corrected chi connectivity index (χ0v) is 13.5. The second kappa shape index (κ2) is 7.88. The molecule has 6 heteroatoms. The molecule has 16 heavy (non-hydrogen) atoms. The molecule has 0 aliphatic heterocycles. The molecule has 0 rings (SSSR count). The van der Waals surface area contributed by atoms with Crippen LogP contribution < -0.4 is 0 Å². The maximum absolute atomic E-state index is 10.4. The third-order valence-electron chi connectivity index (χ3n) is 2.61. The highest BCUT2D eigenvalue weighted by atomic mass is 79.9. The van der Waals surface area contributed by atoms with E-state index in [2.05, 4.69) is 45.7 Å². The van der Waals surface area contributed by atoms with Crippen LogP contribution >= 0.6 is 43.5 Å². The summed E-state index contributed by atoms with van der Waals surface area (Å²) in [6, 6.07) is 0. The second-order valence-electron chi connectivity index (χ2n) is 4.01. The summed E-state index contributed by atoms with van der Waals surface area (Å²) in [4.78, 5) is 9.96. The van der Waals surface area contributed by atoms with Gasteiger partial charge in [0.15, 0.2) is 0 Å². The number of alkyl halides is 3. The first-order valence-corrected chi connectivity index (χ1v) is 7.58. The second-order valence-corrected chi connectivity index (χ2v) is 7.42. The summed E-state index contributed by atoms with van der Waals surface area (Å²) in [5, 5.41) is 9.90. The zero-order chi connectivity index (χ0) is 12.8. The van der Waals surface area contributed by atoms with Gasteiger partial charge in [0.05, 0.1) is 0 Å². The average Bonchev–Trinajstić information content (AvgIpc) is 2.17. The smallest absolute Gasteiger partial charge is 0.221 e. The molecule has 0 aromatic carbocycles. The molecule has 0 amide bonds. The van der Waals surface area contributed by atoms with Gasteiger partial charge in [0, 0.05) is 14.1 Å². The number of hydrogen-bond donors (Lipinski definition) is 0. The lowest BCUT2D eigenvalue weighted by molar-refractivity contribution is -0.479. The largest absolute Gasteiger partial charge is 0.264 e. The van der Waals surface area contributed by atoms with Crippen molar-refractivity contribution in [1.29, 1.82) is 0 Å². The summed E-state index contributed by atoms with van der Waals surface area (Å²) in [5.41, 5.74) is 0. The molecule has 0 spiro atoms. The Morgan fingerprint density at radius 2 is 2.06 bits per heavy atom. The van der Waals surface area contributed by atoms with E-state index in [0.717, 1.165) is 25.7 Å². The van der Waals surface area contributed by atoms with Crippen LogP contribution in [0.5, 0.6) is 0 Å². The molecule has 0 bridgehead atoms. The third-order valence-corrected chi connectivity index (χ3v) is 5.60. The van der Waals surface area contributed by atoms with Crippen LogP contribution in [-0.4, -0.2) is 26.0 Å². The molecule has 0 heterocycles. The summed E-state index contributed by atoms with van der Waals surface area (Å²) in [5.74, 6) is 0. The van der Waals surface area contributed by atoms with Gasteiger partial charge < -0.3 is 0 Å². The van der Waals surface area contributed by atoms with Crippen molar-refractivity contribution < 1.29 is 4.92 Å². The van der Waals surface area contributed by atoms with E-state index >= 15 is 0 Å². The Morgan fingerprint density at radius 3 is 2.44 bits per heavy atom. The summed E-state index contributed by atoms with van der Waals surface area (Å²) in [7, 11) is 0. The zero-order valence-electron chi connectivity index (χ0n) is 9.59. The Kier molecular flexibility index (Phi) is 8.20. The van der Waals surface area contributed by atoms with E-state index in [0.29, 0.717) is 0 Å². The van der Waals surface area contributed by atoms with E-state index in [1.807, 2.05) is 0 Å². The fourth-order valence-electron chi connectivity index (χ4n) is 1.61. The number of nitro groups is 1. The lowest BCUT2D eigenvalue weighted by Crippen LogP contribution is -2.31. The first-order valence-electron chi connectivity index (χ1n) is 5.43. The van der Waals surface area contributed by atoms with Crippen LogP contribution in [0, 0.1) is 10.1 Å². The minimum Gasteiger partial charge on any atom is -0.264 e. The van der Waals surface area contributed by atoms with Crippen LogP contribution in [0.1, 0.15) is 39.5 Å². The molecule has 0 saturated carbocycles. The van der Waals surface area contributed by atoms with Gasteiger partial charge in [-0.2, -0.15) is 0 Å². The first kappa shape index (κ1) is 16.6. The van der Waals surface area contributed by atoms with Crippen LogP contribution in [0.4, 0.5) is 0 Å². The summed E-state index contributed by atoms with van der Waals surface area (Å²) in [6.45, 7) is 4.04.